The first kappa shape index (κ1) is 15.8. The van der Waals surface area contributed by atoms with Gasteiger partial charge in [-0.2, -0.15) is 0 Å². The molecule has 2 atom stereocenters. The van der Waals surface area contributed by atoms with E-state index in [1.807, 2.05) is 16.5 Å². The summed E-state index contributed by atoms with van der Waals surface area (Å²) in [7, 11) is 3.53. The van der Waals surface area contributed by atoms with E-state index in [2.05, 4.69) is 20.2 Å². The lowest BCUT2D eigenvalue weighted by molar-refractivity contribution is 0.118. The van der Waals surface area contributed by atoms with Crippen molar-refractivity contribution in [3.8, 4) is 0 Å². The van der Waals surface area contributed by atoms with Gasteiger partial charge in [0.2, 0.25) is 0 Å². The van der Waals surface area contributed by atoms with E-state index >= 15 is 0 Å². The Bertz CT molecular complexity index is 930. The lowest BCUT2D eigenvalue weighted by Gasteiger charge is -2.24. The van der Waals surface area contributed by atoms with Crippen LogP contribution in [0.1, 0.15) is 18.3 Å². The molecule has 3 heterocycles. The molecule has 0 aliphatic carbocycles. The Morgan fingerprint density at radius 3 is 2.64 bits per heavy atom. The van der Waals surface area contributed by atoms with Crippen molar-refractivity contribution in [2.24, 2.45) is 7.05 Å². The summed E-state index contributed by atoms with van der Waals surface area (Å²) in [6.45, 7) is 0.595. The Hall–Kier alpha value is -2.68. The Morgan fingerprint density at radius 2 is 1.96 bits per heavy atom. The minimum Gasteiger partial charge on any atom is -0.380 e. The fraction of sp³-hybridized carbons (Fsp3) is 0.375. The lowest BCUT2D eigenvalue weighted by atomic mass is 10.2. The number of nitrogens with zero attached hydrogens (tertiary/aromatic N) is 6. The molecule has 1 aliphatic rings. The lowest BCUT2D eigenvalue weighted by Crippen LogP contribution is -2.27. The molecule has 0 bridgehead atoms. The number of benzene rings is 1. The van der Waals surface area contributed by atoms with Gasteiger partial charge in [-0.3, -0.25) is 4.98 Å². The fourth-order valence-corrected chi connectivity index (χ4v) is 3.20. The zero-order valence-electron chi connectivity index (χ0n) is 13.7. The summed E-state index contributed by atoms with van der Waals surface area (Å²) in [6, 6.07) is 2.01. The molecule has 0 radical (unpaired) electrons. The van der Waals surface area contributed by atoms with Gasteiger partial charge >= 0.3 is 0 Å². The van der Waals surface area contributed by atoms with E-state index < -0.39 is 11.6 Å². The normalized spacial score (nSPS) is 20.6. The molecule has 4 rings (SSSR count). The molecule has 0 saturated carbocycles. The van der Waals surface area contributed by atoms with Gasteiger partial charge in [0.05, 0.1) is 29.4 Å². The number of methoxy groups -OCH3 is 1. The molecule has 3 aromatic rings. The third-order valence-corrected chi connectivity index (χ3v) is 4.51. The van der Waals surface area contributed by atoms with Crippen LogP contribution in [0.5, 0.6) is 0 Å². The van der Waals surface area contributed by atoms with E-state index in [-0.39, 0.29) is 12.1 Å². The molecule has 0 spiro atoms. The average molecular weight is 346 g/mol. The van der Waals surface area contributed by atoms with Crippen LogP contribution in [0.2, 0.25) is 0 Å². The largest absolute Gasteiger partial charge is 0.380 e. The molecule has 0 unspecified atom stereocenters. The molecular formula is C16H16F2N6O. The van der Waals surface area contributed by atoms with Crippen LogP contribution in [0, 0.1) is 11.6 Å². The van der Waals surface area contributed by atoms with Gasteiger partial charge in [0, 0.05) is 39.3 Å². The van der Waals surface area contributed by atoms with Crippen LogP contribution in [-0.4, -0.2) is 44.5 Å². The number of hydrogen-bond donors (Lipinski definition) is 0. The average Bonchev–Trinajstić information content (AvgIpc) is 3.21. The summed E-state index contributed by atoms with van der Waals surface area (Å²) in [5.41, 5.74) is 0.606. The zero-order chi connectivity index (χ0) is 17.6. The van der Waals surface area contributed by atoms with Gasteiger partial charge < -0.3 is 14.2 Å². The molecule has 130 valence electrons. The minimum atomic E-state index is -0.944. The Labute approximate surface area is 142 Å². The number of halogens is 2. The maximum Gasteiger partial charge on any atom is 0.161 e. The first-order valence-electron chi connectivity index (χ1n) is 7.82. The van der Waals surface area contributed by atoms with Gasteiger partial charge in [-0.1, -0.05) is 0 Å². The molecule has 7 nitrogen and oxygen atoms in total. The van der Waals surface area contributed by atoms with Gasteiger partial charge in [-0.25, -0.2) is 13.8 Å². The van der Waals surface area contributed by atoms with Crippen LogP contribution >= 0.6 is 0 Å². The second kappa shape index (κ2) is 5.99. The van der Waals surface area contributed by atoms with E-state index in [1.54, 1.807) is 19.6 Å². The third-order valence-electron chi connectivity index (χ3n) is 4.51. The highest BCUT2D eigenvalue weighted by Gasteiger charge is 2.37. The standard InChI is InChI=1S/C16H16F2N6O/c1-23-8-20-22-16(23)14-3-9(25-2)7-24(14)15-6-19-12-4-10(17)11(18)5-13(12)21-15/h4-6,8-9,14H,3,7H2,1-2H3/t9-,14+/m1/s1. The first-order chi connectivity index (χ1) is 12.1. The van der Waals surface area contributed by atoms with E-state index in [0.29, 0.717) is 23.4 Å². The predicted molar refractivity (Wildman–Crippen MR) is 86.0 cm³/mol. The van der Waals surface area contributed by atoms with Crippen LogP contribution < -0.4 is 4.90 Å². The van der Waals surface area contributed by atoms with E-state index in [1.165, 1.54) is 0 Å². The van der Waals surface area contributed by atoms with Crippen LogP contribution in [-0.2, 0) is 11.8 Å². The number of hydrogen-bond acceptors (Lipinski definition) is 6. The Balaban J connectivity index is 1.77. The van der Waals surface area contributed by atoms with E-state index in [4.69, 9.17) is 4.74 Å². The zero-order valence-corrected chi connectivity index (χ0v) is 13.7. The van der Waals surface area contributed by atoms with Gasteiger partial charge in [-0.05, 0) is 0 Å². The highest BCUT2D eigenvalue weighted by Crippen LogP contribution is 2.35. The predicted octanol–water partition coefficient (Wildman–Crippen LogP) is 2.00. The highest BCUT2D eigenvalue weighted by atomic mass is 19.2. The van der Waals surface area contributed by atoms with Gasteiger partial charge in [0.15, 0.2) is 17.5 Å². The number of fused-ring (bicyclic) bond motifs is 1. The molecule has 0 amide bonds. The molecular weight excluding hydrogens is 330 g/mol. The summed E-state index contributed by atoms with van der Waals surface area (Å²) in [6.07, 6.45) is 3.92. The van der Waals surface area contributed by atoms with Gasteiger partial charge in [0.25, 0.3) is 0 Å². The molecule has 1 fully saturated rings. The molecule has 0 N–H and O–H groups in total. The SMILES string of the molecule is CO[C@@H]1C[C@@H](c2nncn2C)N(c2cnc3cc(F)c(F)cc3n2)C1. The van der Waals surface area contributed by atoms with Crippen molar-refractivity contribution >= 4 is 16.9 Å². The van der Waals surface area contributed by atoms with Crippen LogP contribution in [0.15, 0.2) is 24.7 Å². The molecule has 9 heteroatoms. The van der Waals surface area contributed by atoms with E-state index in [0.717, 1.165) is 24.4 Å². The van der Waals surface area contributed by atoms with Crippen molar-refractivity contribution in [3.05, 3.63) is 42.1 Å². The van der Waals surface area contributed by atoms with Crippen molar-refractivity contribution in [2.75, 3.05) is 18.6 Å². The first-order valence-corrected chi connectivity index (χ1v) is 7.82. The van der Waals surface area contributed by atoms with Crippen LogP contribution in [0.25, 0.3) is 11.0 Å². The summed E-state index contributed by atoms with van der Waals surface area (Å²) >= 11 is 0. The maximum absolute atomic E-state index is 13.5. The minimum absolute atomic E-state index is 0.00384. The quantitative estimate of drug-likeness (QED) is 0.723. The number of ether oxygens (including phenoxy) is 1. The summed E-state index contributed by atoms with van der Waals surface area (Å²) in [5.74, 6) is -0.537. The molecule has 25 heavy (non-hydrogen) atoms. The van der Waals surface area contributed by atoms with E-state index in [9.17, 15) is 8.78 Å². The highest BCUT2D eigenvalue weighted by molar-refractivity contribution is 5.75. The Kier molecular flexibility index (Phi) is 3.79. The smallest absolute Gasteiger partial charge is 0.161 e. The summed E-state index contributed by atoms with van der Waals surface area (Å²) < 4.78 is 34.2. The topological polar surface area (TPSA) is 69.0 Å². The van der Waals surface area contributed by atoms with Crippen LogP contribution in [0.4, 0.5) is 14.6 Å². The maximum atomic E-state index is 13.5. The summed E-state index contributed by atoms with van der Waals surface area (Å²) in [5, 5.41) is 8.12. The van der Waals surface area contributed by atoms with Crippen molar-refractivity contribution in [3.63, 3.8) is 0 Å². The molecule has 1 aliphatic heterocycles. The number of aromatic nitrogens is 5. The van der Waals surface area contributed by atoms with Crippen molar-refractivity contribution in [1.82, 2.24) is 24.7 Å². The molecule has 1 saturated heterocycles. The number of anilines is 1. The molecule has 1 aromatic carbocycles. The third kappa shape index (κ3) is 2.70. The summed E-state index contributed by atoms with van der Waals surface area (Å²) in [4.78, 5) is 10.7. The molecule has 2 aromatic heterocycles. The van der Waals surface area contributed by atoms with Crippen LogP contribution in [0.3, 0.4) is 0 Å². The Morgan fingerprint density at radius 1 is 1.20 bits per heavy atom. The second-order valence-electron chi connectivity index (χ2n) is 6.04. The van der Waals surface area contributed by atoms with Crippen molar-refractivity contribution in [1.29, 1.82) is 0 Å². The van der Waals surface area contributed by atoms with Crippen molar-refractivity contribution in [2.45, 2.75) is 18.6 Å². The van der Waals surface area contributed by atoms with Gasteiger partial charge in [-0.15, -0.1) is 10.2 Å². The fourth-order valence-electron chi connectivity index (χ4n) is 3.20. The second-order valence-corrected chi connectivity index (χ2v) is 6.04. The van der Waals surface area contributed by atoms with Gasteiger partial charge in [0.1, 0.15) is 12.1 Å². The number of aryl methyl sites for hydroxylation is 1. The number of rotatable bonds is 3. The van der Waals surface area contributed by atoms with Crippen molar-refractivity contribution < 1.29 is 13.5 Å². The monoisotopic (exact) mass is 346 g/mol.